The largest absolute Gasteiger partial charge is 0.481 e. The van der Waals surface area contributed by atoms with E-state index in [1.54, 1.807) is 0 Å². The molecule has 0 amide bonds. The summed E-state index contributed by atoms with van der Waals surface area (Å²) in [5.41, 5.74) is 0.834. The van der Waals surface area contributed by atoms with E-state index < -0.39 is 27.2 Å². The van der Waals surface area contributed by atoms with Crippen LogP contribution in [-0.4, -0.2) is 39.9 Å². The van der Waals surface area contributed by atoms with E-state index in [0.29, 0.717) is 11.6 Å². The molecule has 23 heavy (non-hydrogen) atoms. The van der Waals surface area contributed by atoms with E-state index in [-0.39, 0.29) is 19.4 Å². The van der Waals surface area contributed by atoms with Gasteiger partial charge in [-0.05, 0) is 12.8 Å². The second kappa shape index (κ2) is 6.09. The van der Waals surface area contributed by atoms with Gasteiger partial charge in [0.2, 0.25) is 10.0 Å². The van der Waals surface area contributed by atoms with Crippen molar-refractivity contribution >= 4 is 16.0 Å². The molecule has 0 unspecified atom stereocenters. The highest BCUT2D eigenvalue weighted by Crippen LogP contribution is 2.32. The number of nitrogens with one attached hydrogen (secondary N) is 2. The quantitative estimate of drug-likeness (QED) is 0.715. The van der Waals surface area contributed by atoms with E-state index in [4.69, 9.17) is 5.11 Å². The number of carbonyl (C=O) groups is 1. The zero-order valence-corrected chi connectivity index (χ0v) is 13.0. The van der Waals surface area contributed by atoms with E-state index in [1.165, 1.54) is 0 Å². The molecule has 3 N–H and O–H groups in total. The average molecular weight is 336 g/mol. The van der Waals surface area contributed by atoms with Gasteiger partial charge in [0.05, 0.1) is 17.7 Å². The molecule has 3 rings (SSSR count). The maximum atomic E-state index is 12.1. The highest BCUT2D eigenvalue weighted by molar-refractivity contribution is 7.90. The summed E-state index contributed by atoms with van der Waals surface area (Å²) < 4.78 is 26.6. The van der Waals surface area contributed by atoms with Gasteiger partial charge in [0, 0.05) is 5.56 Å². The Morgan fingerprint density at radius 3 is 2.65 bits per heavy atom. The van der Waals surface area contributed by atoms with E-state index in [0.717, 1.165) is 5.56 Å². The van der Waals surface area contributed by atoms with Gasteiger partial charge in [-0.2, -0.15) is 5.10 Å². The smallest absolute Gasteiger partial charge is 0.306 e. The number of benzene rings is 1. The Morgan fingerprint density at radius 2 is 2.00 bits per heavy atom. The molecule has 0 saturated heterocycles. The molecule has 122 valence electrons. The molecule has 1 fully saturated rings. The summed E-state index contributed by atoms with van der Waals surface area (Å²) in [5, 5.41) is 14.9. The van der Waals surface area contributed by atoms with Crippen molar-refractivity contribution in [1.29, 1.82) is 0 Å². The van der Waals surface area contributed by atoms with Crippen LogP contribution < -0.4 is 4.72 Å². The van der Waals surface area contributed by atoms with Gasteiger partial charge in [0.15, 0.2) is 5.82 Å². The van der Waals surface area contributed by atoms with Gasteiger partial charge < -0.3 is 5.11 Å². The molecule has 1 saturated carbocycles. The minimum atomic E-state index is -3.54. The number of sulfonamides is 1. The Hall–Kier alpha value is -2.26. The van der Waals surface area contributed by atoms with E-state index in [1.807, 2.05) is 30.3 Å². The lowest BCUT2D eigenvalue weighted by atomic mass is 9.85. The summed E-state index contributed by atoms with van der Waals surface area (Å²) in [6, 6.07) is 9.33. The lowest BCUT2D eigenvalue weighted by molar-refractivity contribution is -0.144. The van der Waals surface area contributed by atoms with E-state index >= 15 is 0 Å². The summed E-state index contributed by atoms with van der Waals surface area (Å²) in [5.74, 6) is -0.610. The number of aromatic nitrogens is 3. The van der Waals surface area contributed by atoms with Crippen LogP contribution in [0.4, 0.5) is 0 Å². The number of rotatable bonds is 6. The third-order valence-electron chi connectivity index (χ3n) is 3.89. The minimum absolute atomic E-state index is 0.00357. The minimum Gasteiger partial charge on any atom is -0.481 e. The molecule has 8 nitrogen and oxygen atoms in total. The van der Waals surface area contributed by atoms with Crippen LogP contribution in [-0.2, 0) is 21.4 Å². The third kappa shape index (κ3) is 3.40. The van der Waals surface area contributed by atoms with Gasteiger partial charge in [-0.1, -0.05) is 30.3 Å². The number of nitrogens with zero attached hydrogens (tertiary/aromatic N) is 2. The van der Waals surface area contributed by atoms with Crippen molar-refractivity contribution in [2.24, 2.45) is 5.92 Å². The molecule has 0 aliphatic heterocycles. The fourth-order valence-electron chi connectivity index (χ4n) is 2.40. The Morgan fingerprint density at radius 1 is 1.30 bits per heavy atom. The van der Waals surface area contributed by atoms with Crippen LogP contribution in [0.5, 0.6) is 0 Å². The van der Waals surface area contributed by atoms with Crippen LogP contribution in [0, 0.1) is 5.92 Å². The van der Waals surface area contributed by atoms with Gasteiger partial charge in [0.1, 0.15) is 5.82 Å². The number of H-pyrrole nitrogens is 1. The molecular formula is C14H16N4O4S. The Balaban J connectivity index is 1.59. The summed E-state index contributed by atoms with van der Waals surface area (Å²) in [6.45, 7) is -0.00357. The molecule has 1 aliphatic carbocycles. The standard InChI is InChI=1S/C14H16N4O4S/c19-14(20)10-6-11(7-10)23(21,22)15-8-12-16-13(18-17-12)9-4-2-1-3-5-9/h1-5,10-11,15H,6-8H2,(H,19,20)(H,16,17,18). The first-order valence-electron chi connectivity index (χ1n) is 7.13. The first-order chi connectivity index (χ1) is 11.0. The molecule has 1 aromatic heterocycles. The second-order valence-electron chi connectivity index (χ2n) is 5.47. The molecule has 9 heteroatoms. The zero-order chi connectivity index (χ0) is 16.4. The van der Waals surface area contributed by atoms with Crippen molar-refractivity contribution in [3.63, 3.8) is 0 Å². The number of aromatic amines is 1. The molecule has 1 aliphatic rings. The number of aliphatic carboxylic acids is 1. The van der Waals surface area contributed by atoms with Crippen molar-refractivity contribution in [1.82, 2.24) is 19.9 Å². The SMILES string of the molecule is O=C(O)C1CC(S(=O)(=O)NCc2nc(-c3ccccc3)n[nH]2)C1. The van der Waals surface area contributed by atoms with Crippen LogP contribution in [0.1, 0.15) is 18.7 Å². The number of hydrogen-bond donors (Lipinski definition) is 3. The Kier molecular flexibility index (Phi) is 4.14. The fourth-order valence-corrected chi connectivity index (χ4v) is 3.94. The number of hydrogen-bond acceptors (Lipinski definition) is 5. The molecule has 0 radical (unpaired) electrons. The molecule has 0 spiro atoms. The number of carboxylic acids is 1. The van der Waals surface area contributed by atoms with Crippen LogP contribution in [0.2, 0.25) is 0 Å². The molecule has 1 aromatic carbocycles. The first-order valence-corrected chi connectivity index (χ1v) is 8.68. The maximum Gasteiger partial charge on any atom is 0.306 e. The average Bonchev–Trinajstić information content (AvgIpc) is 2.93. The molecular weight excluding hydrogens is 320 g/mol. The van der Waals surface area contributed by atoms with Crippen LogP contribution in [0.15, 0.2) is 30.3 Å². The highest BCUT2D eigenvalue weighted by atomic mass is 32.2. The molecule has 0 atom stereocenters. The monoisotopic (exact) mass is 336 g/mol. The number of carboxylic acid groups (broad SMARTS) is 1. The van der Waals surface area contributed by atoms with Gasteiger partial charge in [-0.25, -0.2) is 18.1 Å². The summed E-state index contributed by atoms with van der Waals surface area (Å²) in [6.07, 6.45) is 0.298. The van der Waals surface area contributed by atoms with Crippen molar-refractivity contribution in [2.45, 2.75) is 24.6 Å². The van der Waals surface area contributed by atoms with E-state index in [9.17, 15) is 13.2 Å². The van der Waals surface area contributed by atoms with Crippen molar-refractivity contribution < 1.29 is 18.3 Å². The molecule has 2 aromatic rings. The summed E-state index contributed by atoms with van der Waals surface area (Å²) in [4.78, 5) is 15.0. The van der Waals surface area contributed by atoms with Crippen molar-refractivity contribution in [3.05, 3.63) is 36.2 Å². The van der Waals surface area contributed by atoms with Gasteiger partial charge in [-0.3, -0.25) is 9.89 Å². The molecule has 0 bridgehead atoms. The van der Waals surface area contributed by atoms with E-state index in [2.05, 4.69) is 19.9 Å². The normalized spacial score (nSPS) is 20.9. The lowest BCUT2D eigenvalue weighted by Gasteiger charge is -2.31. The van der Waals surface area contributed by atoms with Gasteiger partial charge in [-0.15, -0.1) is 0 Å². The van der Waals surface area contributed by atoms with Crippen LogP contribution in [0.25, 0.3) is 11.4 Å². The Bertz CT molecular complexity index is 797. The van der Waals surface area contributed by atoms with Crippen LogP contribution in [0.3, 0.4) is 0 Å². The first kappa shape index (κ1) is 15.6. The van der Waals surface area contributed by atoms with Gasteiger partial charge >= 0.3 is 5.97 Å². The lowest BCUT2D eigenvalue weighted by Crippen LogP contribution is -2.45. The fraction of sp³-hybridized carbons (Fsp3) is 0.357. The second-order valence-corrected chi connectivity index (χ2v) is 7.51. The third-order valence-corrected chi connectivity index (χ3v) is 5.70. The molecule has 1 heterocycles. The van der Waals surface area contributed by atoms with Crippen LogP contribution >= 0.6 is 0 Å². The Labute approximate surface area is 133 Å². The highest BCUT2D eigenvalue weighted by Gasteiger charge is 2.42. The van der Waals surface area contributed by atoms with Gasteiger partial charge in [0.25, 0.3) is 0 Å². The van der Waals surface area contributed by atoms with Crippen molar-refractivity contribution in [3.8, 4) is 11.4 Å². The maximum absolute atomic E-state index is 12.1. The summed E-state index contributed by atoms with van der Waals surface area (Å²) in [7, 11) is -3.54. The topological polar surface area (TPSA) is 125 Å². The zero-order valence-electron chi connectivity index (χ0n) is 12.1. The summed E-state index contributed by atoms with van der Waals surface area (Å²) >= 11 is 0. The van der Waals surface area contributed by atoms with Crippen molar-refractivity contribution in [2.75, 3.05) is 0 Å². The predicted octanol–water partition coefficient (Wildman–Crippen LogP) is 0.754. The predicted molar refractivity (Wildman–Crippen MR) is 81.7 cm³/mol.